The van der Waals surface area contributed by atoms with E-state index in [1.54, 1.807) is 18.2 Å². The number of nitrogens with zero attached hydrogens (tertiary/aromatic N) is 1. The highest BCUT2D eigenvalue weighted by Crippen LogP contribution is 2.30. The molecule has 1 heterocycles. The lowest BCUT2D eigenvalue weighted by Gasteiger charge is -2.09. The summed E-state index contributed by atoms with van der Waals surface area (Å²) in [5, 5.41) is 7.75. The fourth-order valence-corrected chi connectivity index (χ4v) is 4.98. The predicted molar refractivity (Wildman–Crippen MR) is 140 cm³/mol. The second-order valence-corrected chi connectivity index (χ2v) is 9.50. The third-order valence-electron chi connectivity index (χ3n) is 5.26. The Morgan fingerprint density at radius 2 is 1.68 bits per heavy atom. The van der Waals surface area contributed by atoms with Crippen LogP contribution in [-0.4, -0.2) is 28.7 Å². The van der Waals surface area contributed by atoms with Crippen LogP contribution in [0.25, 0.3) is 10.9 Å². The number of carbonyl (C=O) groups is 2. The maximum Gasteiger partial charge on any atom is 0.252 e. The van der Waals surface area contributed by atoms with Gasteiger partial charge in [-0.05, 0) is 29.8 Å². The number of carbonyl (C=O) groups excluding carboxylic acids is 2. The van der Waals surface area contributed by atoms with Crippen molar-refractivity contribution in [3.63, 3.8) is 0 Å². The van der Waals surface area contributed by atoms with Crippen LogP contribution in [0.15, 0.2) is 83.9 Å². The number of aromatic nitrogens is 1. The molecule has 0 fully saturated rings. The number of fused-ring (bicyclic) bond motifs is 1. The fraction of sp³-hybridized carbons (Fsp3) is 0.154. The van der Waals surface area contributed by atoms with E-state index in [9.17, 15) is 9.59 Å². The molecule has 8 heteroatoms. The van der Waals surface area contributed by atoms with Crippen molar-refractivity contribution in [3.8, 4) is 0 Å². The number of amides is 2. The van der Waals surface area contributed by atoms with Crippen LogP contribution in [0.4, 0.5) is 0 Å². The van der Waals surface area contributed by atoms with Crippen molar-refractivity contribution >= 4 is 57.7 Å². The summed E-state index contributed by atoms with van der Waals surface area (Å²) in [6.45, 7) is 1.52. The molecule has 1 aromatic heterocycles. The molecule has 0 unspecified atom stereocenters. The van der Waals surface area contributed by atoms with E-state index >= 15 is 0 Å². The topological polar surface area (TPSA) is 63.1 Å². The normalized spacial score (nSPS) is 10.9. The molecule has 0 aliphatic rings. The molecule has 2 N–H and O–H groups in total. The van der Waals surface area contributed by atoms with E-state index in [4.69, 9.17) is 23.2 Å². The minimum absolute atomic E-state index is 0.0159. The van der Waals surface area contributed by atoms with Gasteiger partial charge in [-0.25, -0.2) is 0 Å². The first-order valence-corrected chi connectivity index (χ1v) is 12.5. The summed E-state index contributed by atoms with van der Waals surface area (Å²) in [4.78, 5) is 25.9. The molecular formula is C26H23Cl2N3O2S. The number of rotatable bonds is 9. The number of hydrogen-bond donors (Lipinski definition) is 2. The Balaban J connectivity index is 1.35. The Hall–Kier alpha value is -2.93. The molecule has 0 aliphatic heterocycles. The second kappa shape index (κ2) is 11.5. The molecule has 4 aromatic rings. The molecule has 174 valence electrons. The van der Waals surface area contributed by atoms with E-state index in [0.717, 1.165) is 21.4 Å². The van der Waals surface area contributed by atoms with Gasteiger partial charge in [0.2, 0.25) is 5.91 Å². The van der Waals surface area contributed by atoms with E-state index in [-0.39, 0.29) is 11.8 Å². The Bertz CT molecular complexity index is 1310. The smallest absolute Gasteiger partial charge is 0.252 e. The lowest BCUT2D eigenvalue weighted by Crippen LogP contribution is -2.27. The number of benzene rings is 3. The van der Waals surface area contributed by atoms with Gasteiger partial charge in [0.1, 0.15) is 0 Å². The van der Waals surface area contributed by atoms with E-state index in [1.165, 1.54) is 11.8 Å². The largest absolute Gasteiger partial charge is 0.351 e. The molecule has 2 amide bonds. The lowest BCUT2D eigenvalue weighted by molar-refractivity contribution is -0.118. The quantitative estimate of drug-likeness (QED) is 0.279. The van der Waals surface area contributed by atoms with E-state index in [2.05, 4.69) is 15.2 Å². The predicted octanol–water partition coefficient (Wildman–Crippen LogP) is 5.79. The number of halogens is 2. The highest BCUT2D eigenvalue weighted by molar-refractivity contribution is 8.00. The van der Waals surface area contributed by atoms with Crippen molar-refractivity contribution < 1.29 is 9.59 Å². The van der Waals surface area contributed by atoms with Crippen LogP contribution in [-0.2, 0) is 17.9 Å². The van der Waals surface area contributed by atoms with Crippen LogP contribution >= 0.6 is 35.0 Å². The van der Waals surface area contributed by atoms with Gasteiger partial charge in [-0.3, -0.25) is 9.59 Å². The van der Waals surface area contributed by atoms with Gasteiger partial charge in [0, 0.05) is 46.7 Å². The van der Waals surface area contributed by atoms with Crippen molar-refractivity contribution in [1.29, 1.82) is 0 Å². The third kappa shape index (κ3) is 6.14. The van der Waals surface area contributed by atoms with Crippen LogP contribution in [0, 0.1) is 0 Å². The molecule has 0 radical (unpaired) electrons. The SMILES string of the molecule is O=C(CSc1cn(CCNC(=O)c2ccc(Cl)cc2Cl)c2ccccc12)NCc1ccccc1. The van der Waals surface area contributed by atoms with Crippen molar-refractivity contribution in [2.75, 3.05) is 12.3 Å². The minimum atomic E-state index is -0.247. The fourth-order valence-electron chi connectivity index (χ4n) is 3.56. The Morgan fingerprint density at radius 3 is 2.47 bits per heavy atom. The molecule has 3 aromatic carbocycles. The molecule has 0 saturated carbocycles. The highest BCUT2D eigenvalue weighted by Gasteiger charge is 2.13. The summed E-state index contributed by atoms with van der Waals surface area (Å²) in [5.41, 5.74) is 2.51. The first kappa shape index (κ1) is 24.2. The summed E-state index contributed by atoms with van der Waals surface area (Å²) in [6.07, 6.45) is 2.03. The van der Waals surface area contributed by atoms with Crippen LogP contribution in [0.5, 0.6) is 0 Å². The minimum Gasteiger partial charge on any atom is -0.351 e. The molecule has 0 aliphatic carbocycles. The van der Waals surface area contributed by atoms with Crippen molar-refractivity contribution in [2.24, 2.45) is 0 Å². The summed E-state index contributed by atoms with van der Waals surface area (Å²) >= 11 is 13.5. The Morgan fingerprint density at radius 1 is 0.912 bits per heavy atom. The van der Waals surface area contributed by atoms with Gasteiger partial charge in [-0.2, -0.15) is 0 Å². The van der Waals surface area contributed by atoms with E-state index in [1.807, 2.05) is 60.8 Å². The maximum atomic E-state index is 12.5. The molecule has 0 bridgehead atoms. The van der Waals surface area contributed by atoms with Gasteiger partial charge in [-0.1, -0.05) is 71.7 Å². The van der Waals surface area contributed by atoms with Crippen molar-refractivity contribution in [2.45, 2.75) is 18.0 Å². The van der Waals surface area contributed by atoms with Crippen LogP contribution < -0.4 is 10.6 Å². The van der Waals surface area contributed by atoms with Crippen molar-refractivity contribution in [3.05, 3.63) is 100 Å². The molecule has 0 saturated heterocycles. The molecule has 34 heavy (non-hydrogen) atoms. The average Bonchev–Trinajstić information content (AvgIpc) is 3.19. The van der Waals surface area contributed by atoms with Crippen LogP contribution in [0.3, 0.4) is 0 Å². The number of thioether (sulfide) groups is 1. The first-order valence-electron chi connectivity index (χ1n) is 10.8. The summed E-state index contributed by atoms with van der Waals surface area (Å²) in [5.74, 6) is 0.0627. The third-order valence-corrected chi connectivity index (χ3v) is 6.85. The Kier molecular flexibility index (Phi) is 8.16. The van der Waals surface area contributed by atoms with Gasteiger partial charge in [-0.15, -0.1) is 11.8 Å². The summed E-state index contributed by atoms with van der Waals surface area (Å²) < 4.78 is 2.09. The van der Waals surface area contributed by atoms with Crippen molar-refractivity contribution in [1.82, 2.24) is 15.2 Å². The average molecular weight is 512 g/mol. The summed E-state index contributed by atoms with van der Waals surface area (Å²) in [7, 11) is 0. The molecule has 0 atom stereocenters. The van der Waals surface area contributed by atoms with Crippen LogP contribution in [0.2, 0.25) is 10.0 Å². The first-order chi connectivity index (χ1) is 16.5. The van der Waals surface area contributed by atoms with Gasteiger partial charge in [0.25, 0.3) is 5.91 Å². The molecule has 4 rings (SSSR count). The van der Waals surface area contributed by atoms with E-state index in [0.29, 0.717) is 41.0 Å². The van der Waals surface area contributed by atoms with E-state index < -0.39 is 0 Å². The highest BCUT2D eigenvalue weighted by atomic mass is 35.5. The second-order valence-electron chi connectivity index (χ2n) is 7.63. The summed E-state index contributed by atoms with van der Waals surface area (Å²) in [6, 6.07) is 22.7. The zero-order valence-electron chi connectivity index (χ0n) is 18.3. The Labute approximate surface area is 212 Å². The zero-order chi connectivity index (χ0) is 23.9. The van der Waals surface area contributed by atoms with Gasteiger partial charge in [0.05, 0.1) is 16.3 Å². The maximum absolute atomic E-state index is 12.5. The number of hydrogen-bond acceptors (Lipinski definition) is 3. The van der Waals surface area contributed by atoms with Gasteiger partial charge in [0.15, 0.2) is 0 Å². The zero-order valence-corrected chi connectivity index (χ0v) is 20.6. The van der Waals surface area contributed by atoms with Crippen LogP contribution in [0.1, 0.15) is 15.9 Å². The molecule has 5 nitrogen and oxygen atoms in total. The number of nitrogens with one attached hydrogen (secondary N) is 2. The van der Waals surface area contributed by atoms with Gasteiger partial charge < -0.3 is 15.2 Å². The standard InChI is InChI=1S/C26H23Cl2N3O2S/c27-19-10-11-20(22(28)14-19)26(33)29-12-13-31-16-24(21-8-4-5-9-23(21)31)34-17-25(32)30-15-18-6-2-1-3-7-18/h1-11,14,16H,12-13,15,17H2,(H,29,33)(H,30,32). The lowest BCUT2D eigenvalue weighted by atomic mass is 10.2. The molecular weight excluding hydrogens is 489 g/mol. The number of para-hydroxylation sites is 1. The van der Waals surface area contributed by atoms with Gasteiger partial charge >= 0.3 is 0 Å². The monoisotopic (exact) mass is 511 g/mol. The molecule has 0 spiro atoms.